The summed E-state index contributed by atoms with van der Waals surface area (Å²) in [4.78, 5) is 33.9. The Bertz CT molecular complexity index is 808. The Labute approximate surface area is 184 Å². The SMILES string of the molecule is CC(=O)c1ccccc1.CC(C)C([NH-])C(=O)Oc1ccccc1CC(=O)OCI. The second-order valence-electron chi connectivity index (χ2n) is 6.47. The van der Waals surface area contributed by atoms with E-state index in [1.807, 2.05) is 52.9 Å². The smallest absolute Gasteiger partial charge is 0.311 e. The fourth-order valence-corrected chi connectivity index (χ4v) is 2.48. The number of halogens is 1. The monoisotopic (exact) mass is 510 g/mol. The zero-order valence-electron chi connectivity index (χ0n) is 16.7. The summed E-state index contributed by atoms with van der Waals surface area (Å²) in [5.74, 6) is -0.695. The predicted octanol–water partition coefficient (Wildman–Crippen LogP) is 5.04. The number of benzene rings is 2. The fraction of sp³-hybridized carbons (Fsp3) is 0.318. The van der Waals surface area contributed by atoms with Crippen LogP contribution in [0.15, 0.2) is 54.6 Å². The van der Waals surface area contributed by atoms with Crippen LogP contribution in [0.25, 0.3) is 5.73 Å². The van der Waals surface area contributed by atoms with E-state index in [-0.39, 0.29) is 28.7 Å². The van der Waals surface area contributed by atoms with E-state index in [1.165, 1.54) is 0 Å². The van der Waals surface area contributed by atoms with Gasteiger partial charge in [-0.1, -0.05) is 68.3 Å². The number of nitrogens with one attached hydrogen (secondary N) is 1. The molecule has 0 spiro atoms. The van der Waals surface area contributed by atoms with Crippen molar-refractivity contribution in [3.05, 3.63) is 71.5 Å². The number of alkyl halides is 1. The molecule has 1 atom stereocenters. The van der Waals surface area contributed by atoms with Crippen LogP contribution < -0.4 is 4.74 Å². The molecule has 0 saturated heterocycles. The summed E-state index contributed by atoms with van der Waals surface area (Å²) in [7, 11) is 0. The minimum Gasteiger partial charge on any atom is -0.665 e. The van der Waals surface area contributed by atoms with E-state index in [9.17, 15) is 14.4 Å². The largest absolute Gasteiger partial charge is 0.665 e. The zero-order valence-corrected chi connectivity index (χ0v) is 18.8. The first kappa shape index (κ1) is 24.8. The molecule has 29 heavy (non-hydrogen) atoms. The number of carbonyl (C=O) groups excluding carboxylic acids is 3. The summed E-state index contributed by atoms with van der Waals surface area (Å²) in [6.07, 6.45) is 0.0385. The third-order valence-corrected chi connectivity index (χ3v) is 4.15. The summed E-state index contributed by atoms with van der Waals surface area (Å²) in [6.45, 7) is 5.13. The lowest BCUT2D eigenvalue weighted by atomic mass is 10.1. The highest BCUT2D eigenvalue weighted by atomic mass is 127. The number of Topliss-reactive ketones (excluding diaryl/α,β-unsaturated/α-hetero) is 1. The van der Waals surface area contributed by atoms with E-state index in [0.717, 1.165) is 5.56 Å². The maximum Gasteiger partial charge on any atom is 0.311 e. The lowest BCUT2D eigenvalue weighted by molar-refractivity contribution is -0.140. The Morgan fingerprint density at radius 3 is 2.10 bits per heavy atom. The molecule has 1 unspecified atom stereocenters. The first-order chi connectivity index (χ1) is 13.8. The fourth-order valence-electron chi connectivity index (χ4n) is 2.13. The van der Waals surface area contributed by atoms with Crippen molar-refractivity contribution >= 4 is 40.3 Å². The molecule has 2 aromatic carbocycles. The maximum atomic E-state index is 11.8. The molecule has 0 bridgehead atoms. The van der Waals surface area contributed by atoms with Gasteiger partial charge in [0.1, 0.15) is 10.4 Å². The molecule has 0 aliphatic heterocycles. The second kappa shape index (κ2) is 13.1. The topological polar surface area (TPSA) is 93.5 Å². The molecule has 0 amide bonds. The number of hydrogen-bond acceptors (Lipinski definition) is 5. The quantitative estimate of drug-likeness (QED) is 0.171. The maximum absolute atomic E-state index is 11.8. The first-order valence-electron chi connectivity index (χ1n) is 9.04. The number of esters is 2. The van der Waals surface area contributed by atoms with Crippen LogP contribution in [-0.4, -0.2) is 28.4 Å². The molecule has 0 aliphatic carbocycles. The van der Waals surface area contributed by atoms with Gasteiger partial charge in [0.05, 0.1) is 6.42 Å². The van der Waals surface area contributed by atoms with Crippen molar-refractivity contribution in [1.29, 1.82) is 0 Å². The summed E-state index contributed by atoms with van der Waals surface area (Å²) >= 11 is 1.94. The normalized spacial score (nSPS) is 11.1. The molecule has 2 rings (SSSR count). The van der Waals surface area contributed by atoms with Crippen molar-refractivity contribution in [2.75, 3.05) is 4.61 Å². The van der Waals surface area contributed by atoms with Crippen molar-refractivity contribution in [3.63, 3.8) is 0 Å². The van der Waals surface area contributed by atoms with Gasteiger partial charge in [0.2, 0.25) is 0 Å². The highest BCUT2D eigenvalue weighted by Gasteiger charge is 2.16. The molecule has 2 aromatic rings. The van der Waals surface area contributed by atoms with Crippen LogP contribution in [0.3, 0.4) is 0 Å². The molecule has 0 heterocycles. The van der Waals surface area contributed by atoms with Crippen LogP contribution in [0.4, 0.5) is 0 Å². The molecule has 7 heteroatoms. The van der Waals surface area contributed by atoms with Gasteiger partial charge in [-0.3, -0.25) is 14.4 Å². The average molecular weight is 510 g/mol. The molecule has 0 radical (unpaired) electrons. The van der Waals surface area contributed by atoms with Crippen molar-refractivity contribution in [1.82, 2.24) is 0 Å². The van der Waals surface area contributed by atoms with Gasteiger partial charge in [-0.2, -0.15) is 0 Å². The van der Waals surface area contributed by atoms with Crippen LogP contribution in [0.5, 0.6) is 5.75 Å². The minimum atomic E-state index is -0.940. The molecular weight excluding hydrogens is 485 g/mol. The van der Waals surface area contributed by atoms with Crippen LogP contribution in [0, 0.1) is 5.92 Å². The van der Waals surface area contributed by atoms with Crippen LogP contribution in [0.1, 0.15) is 36.7 Å². The zero-order chi connectivity index (χ0) is 21.8. The molecule has 0 aromatic heterocycles. The lowest BCUT2D eigenvalue weighted by Crippen LogP contribution is -2.27. The van der Waals surface area contributed by atoms with Gasteiger partial charge in [0.15, 0.2) is 5.78 Å². The number of ketones is 1. The lowest BCUT2D eigenvalue weighted by Gasteiger charge is -2.22. The van der Waals surface area contributed by atoms with E-state index < -0.39 is 12.0 Å². The van der Waals surface area contributed by atoms with Gasteiger partial charge in [-0.15, -0.1) is 0 Å². The first-order valence-corrected chi connectivity index (χ1v) is 10.6. The number of hydrogen-bond donors (Lipinski definition) is 0. The van der Waals surface area contributed by atoms with E-state index in [2.05, 4.69) is 0 Å². The van der Waals surface area contributed by atoms with Crippen molar-refractivity contribution in [2.45, 2.75) is 33.2 Å². The van der Waals surface area contributed by atoms with Crippen molar-refractivity contribution in [3.8, 4) is 5.75 Å². The molecule has 156 valence electrons. The van der Waals surface area contributed by atoms with E-state index >= 15 is 0 Å². The predicted molar refractivity (Wildman–Crippen MR) is 120 cm³/mol. The van der Waals surface area contributed by atoms with Crippen LogP contribution >= 0.6 is 22.6 Å². The molecule has 0 aliphatic rings. The highest BCUT2D eigenvalue weighted by molar-refractivity contribution is 14.1. The van der Waals surface area contributed by atoms with Gasteiger partial charge in [-0.05, 0) is 41.6 Å². The molecule has 0 fully saturated rings. The molecule has 0 saturated carbocycles. The van der Waals surface area contributed by atoms with Crippen LogP contribution in [0.2, 0.25) is 0 Å². The minimum absolute atomic E-state index is 0.0385. The Balaban J connectivity index is 0.000000387. The standard InChI is InChI=1S/C14H17INO4.C8H8O/c1-9(2)13(16)14(18)20-11-6-4-3-5-10(11)7-12(17)19-8-15;1-7(9)8-5-3-2-4-6-8/h3-6,9,13,16H,7-8H2,1-2H3;2-6H,1H3/q-1;. The molecule has 6 nitrogen and oxygen atoms in total. The van der Waals surface area contributed by atoms with E-state index in [1.54, 1.807) is 45.0 Å². The third kappa shape index (κ3) is 9.19. The number of para-hydroxylation sites is 1. The van der Waals surface area contributed by atoms with Gasteiger partial charge in [-0.25, -0.2) is 0 Å². The van der Waals surface area contributed by atoms with Gasteiger partial charge >= 0.3 is 5.97 Å². The second-order valence-corrected chi connectivity index (χ2v) is 7.10. The Morgan fingerprint density at radius 1 is 1.00 bits per heavy atom. The third-order valence-electron chi connectivity index (χ3n) is 3.83. The van der Waals surface area contributed by atoms with Crippen molar-refractivity contribution in [2.24, 2.45) is 5.92 Å². The van der Waals surface area contributed by atoms with Gasteiger partial charge in [0, 0.05) is 11.1 Å². The summed E-state index contributed by atoms with van der Waals surface area (Å²) in [5.41, 5.74) is 9.04. The molecule has 1 N–H and O–H groups in total. The summed E-state index contributed by atoms with van der Waals surface area (Å²) in [5, 5.41) is 0. The highest BCUT2D eigenvalue weighted by Crippen LogP contribution is 2.21. The summed E-state index contributed by atoms with van der Waals surface area (Å²) < 4.78 is 10.4. The number of carbonyl (C=O) groups is 3. The Morgan fingerprint density at radius 2 is 1.59 bits per heavy atom. The average Bonchev–Trinajstić information content (AvgIpc) is 2.70. The Kier molecular flexibility index (Phi) is 11.2. The number of rotatable bonds is 7. The van der Waals surface area contributed by atoms with Crippen molar-refractivity contribution < 1.29 is 23.9 Å². The van der Waals surface area contributed by atoms with Gasteiger partial charge in [0.25, 0.3) is 5.97 Å². The van der Waals surface area contributed by atoms with E-state index in [0.29, 0.717) is 11.3 Å². The van der Waals surface area contributed by atoms with Gasteiger partial charge < -0.3 is 15.2 Å². The molecular formula is C22H25INO5-. The number of ether oxygens (including phenoxy) is 2. The van der Waals surface area contributed by atoms with E-state index in [4.69, 9.17) is 15.2 Å². The van der Waals surface area contributed by atoms with Crippen LogP contribution in [-0.2, 0) is 20.7 Å². The Hall–Kier alpha value is -2.26. The summed E-state index contributed by atoms with van der Waals surface area (Å²) in [6, 6.07) is 15.1.